The normalized spacial score (nSPS) is 29.4. The Morgan fingerprint density at radius 3 is 2.12 bits per heavy atom. The Morgan fingerprint density at radius 2 is 1.81 bits per heavy atom. The minimum atomic E-state index is -0.839. The van der Waals surface area contributed by atoms with Gasteiger partial charge in [0.25, 0.3) is 0 Å². The van der Waals surface area contributed by atoms with Crippen LogP contribution in [-0.2, 0) is 14.3 Å². The van der Waals surface area contributed by atoms with E-state index in [1.165, 1.54) is 6.92 Å². The lowest BCUT2D eigenvalue weighted by Gasteiger charge is -2.49. The van der Waals surface area contributed by atoms with E-state index < -0.39 is 5.41 Å². The third kappa shape index (κ3) is 2.13. The fourth-order valence-corrected chi connectivity index (χ4v) is 2.26. The highest BCUT2D eigenvalue weighted by Crippen LogP contribution is 2.54. The monoisotopic (exact) mass is 226 g/mol. The fraction of sp³-hybridized carbons (Fsp3) is 0.846. The molecule has 0 N–H and O–H groups in total. The number of hydrogen-bond acceptors (Lipinski definition) is 3. The van der Waals surface area contributed by atoms with Gasteiger partial charge in [0.2, 0.25) is 0 Å². The maximum absolute atomic E-state index is 11.8. The molecule has 0 radical (unpaired) electrons. The van der Waals surface area contributed by atoms with Gasteiger partial charge >= 0.3 is 5.97 Å². The molecule has 3 nitrogen and oxygen atoms in total. The summed E-state index contributed by atoms with van der Waals surface area (Å²) in [6.07, 6.45) is 1.29. The second-order valence-corrected chi connectivity index (χ2v) is 5.83. The van der Waals surface area contributed by atoms with Crippen molar-refractivity contribution >= 4 is 11.8 Å². The topological polar surface area (TPSA) is 43.4 Å². The van der Waals surface area contributed by atoms with Crippen molar-refractivity contribution < 1.29 is 14.3 Å². The first-order valence-corrected chi connectivity index (χ1v) is 5.92. The van der Waals surface area contributed by atoms with E-state index >= 15 is 0 Å². The van der Waals surface area contributed by atoms with Gasteiger partial charge < -0.3 is 4.74 Å². The second kappa shape index (κ2) is 4.19. The molecule has 3 heteroatoms. The molecule has 0 heterocycles. The van der Waals surface area contributed by atoms with Gasteiger partial charge in [0.1, 0.15) is 11.2 Å². The Hall–Kier alpha value is -0.860. The third-order valence-electron chi connectivity index (χ3n) is 3.75. The summed E-state index contributed by atoms with van der Waals surface area (Å²) in [6, 6.07) is 0. The molecule has 0 spiro atoms. The number of Topliss-reactive ketones (excluding diaryl/α,β-unsaturated/α-hetero) is 1. The number of carbonyl (C=O) groups excluding carboxylic acids is 2. The van der Waals surface area contributed by atoms with Gasteiger partial charge in [0, 0.05) is 0 Å². The zero-order valence-corrected chi connectivity index (χ0v) is 10.9. The lowest BCUT2D eigenvalue weighted by atomic mass is 9.53. The van der Waals surface area contributed by atoms with Gasteiger partial charge in [0.15, 0.2) is 0 Å². The van der Waals surface area contributed by atoms with Crippen molar-refractivity contribution in [2.24, 2.45) is 16.7 Å². The van der Waals surface area contributed by atoms with Gasteiger partial charge in [-0.05, 0) is 38.0 Å². The van der Waals surface area contributed by atoms with Gasteiger partial charge in [-0.1, -0.05) is 20.8 Å². The second-order valence-electron chi connectivity index (χ2n) is 5.83. The van der Waals surface area contributed by atoms with E-state index in [1.54, 1.807) is 6.92 Å². The van der Waals surface area contributed by atoms with E-state index in [9.17, 15) is 9.59 Å². The Kier molecular flexibility index (Phi) is 3.46. The summed E-state index contributed by atoms with van der Waals surface area (Å²) in [4.78, 5) is 23.5. The molecule has 0 atom stereocenters. The zero-order chi connectivity index (χ0) is 12.6. The smallest absolute Gasteiger partial charge is 0.319 e. The zero-order valence-electron chi connectivity index (χ0n) is 10.9. The van der Waals surface area contributed by atoms with E-state index in [0.29, 0.717) is 25.4 Å². The number of ether oxygens (including phenoxy) is 1. The number of esters is 1. The van der Waals surface area contributed by atoms with E-state index in [-0.39, 0.29) is 17.2 Å². The van der Waals surface area contributed by atoms with Crippen LogP contribution in [0, 0.1) is 16.7 Å². The highest BCUT2D eigenvalue weighted by atomic mass is 16.5. The van der Waals surface area contributed by atoms with Crippen LogP contribution in [0.3, 0.4) is 0 Å². The van der Waals surface area contributed by atoms with Crippen molar-refractivity contribution in [2.75, 3.05) is 6.61 Å². The van der Waals surface area contributed by atoms with Gasteiger partial charge in [-0.3, -0.25) is 9.59 Å². The molecule has 0 aromatic heterocycles. The Bertz CT molecular complexity index is 293. The molecule has 1 aliphatic rings. The number of carbonyl (C=O) groups is 2. The van der Waals surface area contributed by atoms with Crippen LogP contribution in [0.5, 0.6) is 0 Å². The van der Waals surface area contributed by atoms with Crippen molar-refractivity contribution in [3.05, 3.63) is 0 Å². The quantitative estimate of drug-likeness (QED) is 0.548. The predicted octanol–water partition coefficient (Wildman–Crippen LogP) is 2.58. The predicted molar refractivity (Wildman–Crippen MR) is 61.9 cm³/mol. The van der Waals surface area contributed by atoms with Gasteiger partial charge in [-0.25, -0.2) is 0 Å². The first kappa shape index (κ1) is 13.2. The standard InChI is InChI=1S/C13H22O3/c1-6-16-11(15)13(9(2)14)7-10(8-13)12(3,4)5/h10H,6-8H2,1-5H3. The number of hydrogen-bond donors (Lipinski definition) is 0. The van der Waals surface area contributed by atoms with Crippen molar-refractivity contribution in [3.63, 3.8) is 0 Å². The van der Waals surface area contributed by atoms with Crippen LogP contribution in [0.4, 0.5) is 0 Å². The lowest BCUT2D eigenvalue weighted by molar-refractivity contribution is -0.172. The fourth-order valence-electron chi connectivity index (χ4n) is 2.26. The minimum absolute atomic E-state index is 0.0496. The molecule has 0 amide bonds. The lowest BCUT2D eigenvalue weighted by Crippen LogP contribution is -2.53. The third-order valence-corrected chi connectivity index (χ3v) is 3.75. The molecule has 0 bridgehead atoms. The minimum Gasteiger partial charge on any atom is -0.465 e. The Morgan fingerprint density at radius 1 is 1.31 bits per heavy atom. The van der Waals surface area contributed by atoms with Crippen LogP contribution < -0.4 is 0 Å². The van der Waals surface area contributed by atoms with Crippen LogP contribution in [0.1, 0.15) is 47.5 Å². The molecule has 1 fully saturated rings. The maximum Gasteiger partial charge on any atom is 0.319 e. The molecule has 92 valence electrons. The molecule has 1 rings (SSSR count). The van der Waals surface area contributed by atoms with Crippen molar-refractivity contribution in [1.82, 2.24) is 0 Å². The summed E-state index contributed by atoms with van der Waals surface area (Å²) in [6.45, 7) is 10.0. The summed E-state index contributed by atoms with van der Waals surface area (Å²) in [5.74, 6) is 0.0512. The van der Waals surface area contributed by atoms with Crippen LogP contribution in [0.2, 0.25) is 0 Å². The molecule has 0 aromatic carbocycles. The highest BCUT2D eigenvalue weighted by Gasteiger charge is 2.57. The van der Waals surface area contributed by atoms with Crippen LogP contribution in [0.15, 0.2) is 0 Å². The molecule has 0 unspecified atom stereocenters. The van der Waals surface area contributed by atoms with E-state index in [0.717, 1.165) is 0 Å². The summed E-state index contributed by atoms with van der Waals surface area (Å²) < 4.78 is 5.01. The highest BCUT2D eigenvalue weighted by molar-refractivity contribution is 6.03. The molecule has 0 aromatic rings. The average Bonchev–Trinajstić information content (AvgIpc) is 1.98. The molecule has 16 heavy (non-hydrogen) atoms. The summed E-state index contributed by atoms with van der Waals surface area (Å²) in [7, 11) is 0. The van der Waals surface area contributed by atoms with Crippen molar-refractivity contribution in [3.8, 4) is 0 Å². The first-order valence-electron chi connectivity index (χ1n) is 5.92. The van der Waals surface area contributed by atoms with E-state index in [2.05, 4.69) is 20.8 Å². The van der Waals surface area contributed by atoms with Crippen LogP contribution >= 0.6 is 0 Å². The van der Waals surface area contributed by atoms with Crippen LogP contribution in [0.25, 0.3) is 0 Å². The van der Waals surface area contributed by atoms with Gasteiger partial charge in [-0.2, -0.15) is 0 Å². The van der Waals surface area contributed by atoms with Crippen LogP contribution in [-0.4, -0.2) is 18.4 Å². The Balaban J connectivity index is 2.76. The molecule has 1 saturated carbocycles. The molecule has 0 saturated heterocycles. The molecular formula is C13H22O3. The first-order chi connectivity index (χ1) is 7.24. The average molecular weight is 226 g/mol. The SMILES string of the molecule is CCOC(=O)C1(C(C)=O)CC(C(C)(C)C)C1. The van der Waals surface area contributed by atoms with Crippen molar-refractivity contribution in [2.45, 2.75) is 47.5 Å². The summed E-state index contributed by atoms with van der Waals surface area (Å²) >= 11 is 0. The van der Waals surface area contributed by atoms with E-state index in [1.807, 2.05) is 0 Å². The number of rotatable bonds is 3. The number of ketones is 1. The van der Waals surface area contributed by atoms with Gasteiger partial charge in [0.05, 0.1) is 6.61 Å². The van der Waals surface area contributed by atoms with Crippen molar-refractivity contribution in [1.29, 1.82) is 0 Å². The molecule has 1 aliphatic carbocycles. The van der Waals surface area contributed by atoms with Gasteiger partial charge in [-0.15, -0.1) is 0 Å². The Labute approximate surface area is 97.5 Å². The largest absolute Gasteiger partial charge is 0.465 e. The maximum atomic E-state index is 11.8. The molecular weight excluding hydrogens is 204 g/mol. The summed E-state index contributed by atoms with van der Waals surface area (Å²) in [5.41, 5.74) is -0.681. The van der Waals surface area contributed by atoms with E-state index in [4.69, 9.17) is 4.74 Å². The summed E-state index contributed by atoms with van der Waals surface area (Å²) in [5, 5.41) is 0. The molecule has 0 aliphatic heterocycles.